The van der Waals surface area contributed by atoms with E-state index < -0.39 is 6.67 Å². The molecule has 0 unspecified atom stereocenters. The Bertz CT molecular complexity index is 639. The Kier molecular flexibility index (Phi) is 4.52. The Balaban J connectivity index is 0.00000133. The van der Waals surface area contributed by atoms with Crippen molar-refractivity contribution in [2.75, 3.05) is 0 Å². The van der Waals surface area contributed by atoms with Crippen LogP contribution in [0.25, 0.3) is 16.9 Å². The van der Waals surface area contributed by atoms with Gasteiger partial charge in [0.15, 0.2) is 0 Å². The molecule has 0 aliphatic carbocycles. The SMILES string of the molecule is FCc1nn(-c2[c-]snn2)cc1-c1ccccc1.[Ir]. The quantitative estimate of drug-likeness (QED) is 0.575. The molecular formula is C12H8FIrN4S-. The van der Waals surface area contributed by atoms with Crippen LogP contribution in [0.3, 0.4) is 0 Å². The molecule has 2 heterocycles. The van der Waals surface area contributed by atoms with Crippen LogP contribution in [0.15, 0.2) is 36.5 Å². The van der Waals surface area contributed by atoms with Crippen molar-refractivity contribution in [2.45, 2.75) is 6.67 Å². The molecule has 1 aromatic carbocycles. The van der Waals surface area contributed by atoms with Crippen molar-refractivity contribution in [2.24, 2.45) is 0 Å². The molecule has 0 aliphatic rings. The molecule has 7 heteroatoms. The van der Waals surface area contributed by atoms with Crippen molar-refractivity contribution in [3.63, 3.8) is 0 Å². The van der Waals surface area contributed by atoms with E-state index in [-0.39, 0.29) is 20.1 Å². The van der Waals surface area contributed by atoms with E-state index in [4.69, 9.17) is 0 Å². The molecule has 0 fully saturated rings. The fourth-order valence-corrected chi connectivity index (χ4v) is 2.08. The van der Waals surface area contributed by atoms with Gasteiger partial charge >= 0.3 is 0 Å². The van der Waals surface area contributed by atoms with Gasteiger partial charge in [0.05, 0.1) is 0 Å². The predicted octanol–water partition coefficient (Wildman–Crippen LogP) is 2.66. The zero-order valence-electron chi connectivity index (χ0n) is 9.58. The third-order valence-corrected chi connectivity index (χ3v) is 2.97. The Hall–Kier alpha value is -1.43. The van der Waals surface area contributed by atoms with Crippen molar-refractivity contribution in [3.8, 4) is 16.9 Å². The van der Waals surface area contributed by atoms with Crippen LogP contribution in [0.1, 0.15) is 5.69 Å². The van der Waals surface area contributed by atoms with Gasteiger partial charge in [-0.2, -0.15) is 10.2 Å². The minimum absolute atomic E-state index is 0. The van der Waals surface area contributed by atoms with Crippen molar-refractivity contribution in [1.82, 2.24) is 19.4 Å². The number of benzene rings is 1. The fraction of sp³-hybridized carbons (Fsp3) is 0.0833. The van der Waals surface area contributed by atoms with E-state index in [0.717, 1.165) is 22.7 Å². The fourth-order valence-electron chi connectivity index (χ4n) is 1.71. The van der Waals surface area contributed by atoms with Gasteiger partial charge in [-0.05, 0) is 5.56 Å². The molecule has 0 saturated heterocycles. The summed E-state index contributed by atoms with van der Waals surface area (Å²) < 4.78 is 18.2. The van der Waals surface area contributed by atoms with Crippen LogP contribution in [0.5, 0.6) is 0 Å². The Labute approximate surface area is 126 Å². The van der Waals surface area contributed by atoms with Gasteiger partial charge < -0.3 is 5.38 Å². The van der Waals surface area contributed by atoms with E-state index in [1.165, 1.54) is 4.68 Å². The molecule has 2 aromatic heterocycles. The van der Waals surface area contributed by atoms with Gasteiger partial charge in [-0.3, -0.25) is 4.68 Å². The molecule has 0 bridgehead atoms. The number of hydrogen-bond acceptors (Lipinski definition) is 4. The van der Waals surface area contributed by atoms with Gasteiger partial charge in [0, 0.05) is 37.7 Å². The summed E-state index contributed by atoms with van der Waals surface area (Å²) in [7, 11) is 0. The van der Waals surface area contributed by atoms with Crippen LogP contribution in [-0.4, -0.2) is 19.4 Å². The Morgan fingerprint density at radius 2 is 2.05 bits per heavy atom. The molecule has 0 saturated carbocycles. The molecule has 0 amide bonds. The van der Waals surface area contributed by atoms with Gasteiger partial charge in [0.1, 0.15) is 12.4 Å². The Morgan fingerprint density at radius 1 is 1.26 bits per heavy atom. The molecule has 19 heavy (non-hydrogen) atoms. The van der Waals surface area contributed by atoms with Crippen LogP contribution >= 0.6 is 11.5 Å². The molecule has 0 N–H and O–H groups in total. The van der Waals surface area contributed by atoms with E-state index in [1.54, 1.807) is 6.20 Å². The number of alkyl halides is 1. The first-order valence-electron chi connectivity index (χ1n) is 5.29. The van der Waals surface area contributed by atoms with E-state index in [1.807, 2.05) is 30.3 Å². The predicted molar refractivity (Wildman–Crippen MR) is 66.1 cm³/mol. The summed E-state index contributed by atoms with van der Waals surface area (Å²) in [6.07, 6.45) is 1.75. The monoisotopic (exact) mass is 452 g/mol. The maximum Gasteiger partial charge on any atom is 0.134 e. The van der Waals surface area contributed by atoms with Gasteiger partial charge in [-0.1, -0.05) is 30.3 Å². The number of rotatable bonds is 3. The van der Waals surface area contributed by atoms with Crippen LogP contribution in [-0.2, 0) is 26.8 Å². The number of hydrogen-bond donors (Lipinski definition) is 0. The minimum Gasteiger partial charge on any atom is -0.338 e. The van der Waals surface area contributed by atoms with Crippen LogP contribution < -0.4 is 0 Å². The summed E-state index contributed by atoms with van der Waals surface area (Å²) in [5.74, 6) is 0.483. The van der Waals surface area contributed by atoms with Crippen LogP contribution in [0.4, 0.5) is 4.39 Å². The molecule has 0 spiro atoms. The van der Waals surface area contributed by atoms with Gasteiger partial charge in [0.25, 0.3) is 0 Å². The molecule has 3 rings (SSSR count). The normalized spacial score (nSPS) is 10.2. The van der Waals surface area contributed by atoms with Crippen molar-refractivity contribution >= 4 is 11.5 Å². The second kappa shape index (κ2) is 6.14. The number of halogens is 1. The number of aromatic nitrogens is 4. The third-order valence-electron chi connectivity index (χ3n) is 2.53. The molecule has 0 atom stereocenters. The van der Waals surface area contributed by atoms with Gasteiger partial charge in [-0.15, -0.1) is 4.49 Å². The summed E-state index contributed by atoms with van der Waals surface area (Å²) in [5.41, 5.74) is 2.08. The number of nitrogens with zero attached hydrogens (tertiary/aromatic N) is 4. The third kappa shape index (κ3) is 2.78. The molecule has 3 aromatic rings. The average Bonchev–Trinajstić information content (AvgIpc) is 3.08. The first kappa shape index (κ1) is 14.0. The summed E-state index contributed by atoms with van der Waals surface area (Å²) >= 11 is 1.11. The molecule has 1 radical (unpaired) electrons. The molecule has 0 aliphatic heterocycles. The molecule has 99 valence electrons. The summed E-state index contributed by atoms with van der Waals surface area (Å²) in [6, 6.07) is 9.57. The maximum absolute atomic E-state index is 13.0. The first-order valence-corrected chi connectivity index (χ1v) is 6.06. The van der Waals surface area contributed by atoms with Crippen LogP contribution in [0, 0.1) is 5.38 Å². The smallest absolute Gasteiger partial charge is 0.134 e. The summed E-state index contributed by atoms with van der Waals surface area (Å²) in [4.78, 5) is 0. The van der Waals surface area contributed by atoms with E-state index in [9.17, 15) is 4.39 Å². The van der Waals surface area contributed by atoms with E-state index in [0.29, 0.717) is 11.5 Å². The maximum atomic E-state index is 13.0. The standard InChI is InChI=1S/C12H8FN4S.Ir/c13-6-11-10(9-4-2-1-3-5-9)7-17(15-11)12-8-18-16-14-12;/h1-5,7H,6H2;/q-1;. The second-order valence-corrected chi connectivity index (χ2v) is 4.18. The summed E-state index contributed by atoms with van der Waals surface area (Å²) in [5, 5.41) is 10.9. The van der Waals surface area contributed by atoms with Crippen molar-refractivity contribution in [1.29, 1.82) is 0 Å². The van der Waals surface area contributed by atoms with E-state index >= 15 is 0 Å². The van der Waals surface area contributed by atoms with Crippen molar-refractivity contribution < 1.29 is 24.5 Å². The summed E-state index contributed by atoms with van der Waals surface area (Å²) in [6.45, 7) is -0.616. The molecular weight excluding hydrogens is 443 g/mol. The topological polar surface area (TPSA) is 43.6 Å². The second-order valence-electron chi connectivity index (χ2n) is 3.63. The zero-order valence-corrected chi connectivity index (χ0v) is 12.8. The van der Waals surface area contributed by atoms with Gasteiger partial charge in [-0.25, -0.2) is 15.9 Å². The average molecular weight is 452 g/mol. The largest absolute Gasteiger partial charge is 0.338 e. The van der Waals surface area contributed by atoms with E-state index in [2.05, 4.69) is 20.1 Å². The molecule has 4 nitrogen and oxygen atoms in total. The first-order chi connectivity index (χ1) is 8.88. The van der Waals surface area contributed by atoms with Gasteiger partial charge in [0.2, 0.25) is 0 Å². The van der Waals surface area contributed by atoms with Crippen molar-refractivity contribution in [3.05, 3.63) is 47.6 Å². The minimum atomic E-state index is -0.616. The zero-order chi connectivity index (χ0) is 12.4. The Morgan fingerprint density at radius 3 is 2.68 bits per heavy atom. The van der Waals surface area contributed by atoms with Crippen LogP contribution in [0.2, 0.25) is 0 Å².